The predicted octanol–water partition coefficient (Wildman–Crippen LogP) is 1.98. The van der Waals surface area contributed by atoms with Crippen LogP contribution in [-0.4, -0.2) is 25.4 Å². The van der Waals surface area contributed by atoms with Gasteiger partial charge in [-0.1, -0.05) is 19.8 Å². The quantitative estimate of drug-likeness (QED) is 0.609. The molecule has 0 aromatic carbocycles. The van der Waals surface area contributed by atoms with Crippen molar-refractivity contribution >= 4 is 0 Å². The van der Waals surface area contributed by atoms with Crippen molar-refractivity contribution in [2.45, 2.75) is 38.7 Å². The summed E-state index contributed by atoms with van der Waals surface area (Å²) in [5.74, 6) is 0. The van der Waals surface area contributed by atoms with E-state index in [1.807, 2.05) is 6.92 Å². The van der Waals surface area contributed by atoms with E-state index in [1.165, 1.54) is 12.8 Å². The van der Waals surface area contributed by atoms with Gasteiger partial charge < -0.3 is 9.47 Å². The average molecular weight is 158 g/mol. The molecule has 2 heteroatoms. The summed E-state index contributed by atoms with van der Waals surface area (Å²) in [4.78, 5) is 0. The Morgan fingerprint density at radius 1 is 1.36 bits per heavy atom. The molecule has 0 amide bonds. The van der Waals surface area contributed by atoms with Gasteiger partial charge in [0.05, 0.1) is 13.2 Å². The van der Waals surface area contributed by atoms with Gasteiger partial charge in [0.15, 0.2) is 0 Å². The summed E-state index contributed by atoms with van der Waals surface area (Å²) in [5.41, 5.74) is 0.102. The van der Waals surface area contributed by atoms with Crippen molar-refractivity contribution in [1.29, 1.82) is 0 Å². The van der Waals surface area contributed by atoms with Crippen molar-refractivity contribution in [3.8, 4) is 0 Å². The molecule has 11 heavy (non-hydrogen) atoms. The van der Waals surface area contributed by atoms with Crippen LogP contribution in [0, 0.1) is 0 Å². The van der Waals surface area contributed by atoms with Crippen molar-refractivity contribution in [2.24, 2.45) is 0 Å². The average Bonchev–Trinajstić information content (AvgIpc) is 1.95. The minimum Gasteiger partial charge on any atom is -0.375 e. The molecule has 0 aromatic heterocycles. The molecular weight excluding hydrogens is 140 g/mol. The van der Waals surface area contributed by atoms with E-state index in [0.29, 0.717) is 0 Å². The number of rotatable bonds is 5. The molecule has 0 N–H and O–H groups in total. The summed E-state index contributed by atoms with van der Waals surface area (Å²) in [6.45, 7) is 6.68. The van der Waals surface area contributed by atoms with Crippen LogP contribution in [0.5, 0.6) is 0 Å². The normalized spacial score (nSPS) is 21.3. The van der Waals surface area contributed by atoms with Gasteiger partial charge in [-0.2, -0.15) is 0 Å². The zero-order valence-corrected chi connectivity index (χ0v) is 7.56. The van der Waals surface area contributed by atoms with Crippen LogP contribution < -0.4 is 0 Å². The molecule has 1 rings (SSSR count). The molecule has 0 bridgehead atoms. The largest absolute Gasteiger partial charge is 0.375 e. The minimum atomic E-state index is 0.102. The third-order valence-corrected chi connectivity index (χ3v) is 2.17. The van der Waals surface area contributed by atoms with Gasteiger partial charge in [-0.15, -0.1) is 0 Å². The number of hydrogen-bond donors (Lipinski definition) is 0. The number of unbranched alkanes of at least 4 members (excludes halogenated alkanes) is 1. The third-order valence-electron chi connectivity index (χ3n) is 2.17. The first-order chi connectivity index (χ1) is 5.33. The van der Waals surface area contributed by atoms with Crippen LogP contribution in [0.3, 0.4) is 0 Å². The molecule has 1 aliphatic heterocycles. The standard InChI is InChI=1S/C9H18O2/c1-3-5-6-9(11-4-2)7-10-8-9/h3-8H2,1-2H3. The summed E-state index contributed by atoms with van der Waals surface area (Å²) < 4.78 is 10.8. The van der Waals surface area contributed by atoms with Gasteiger partial charge in [0.25, 0.3) is 0 Å². The van der Waals surface area contributed by atoms with E-state index in [2.05, 4.69) is 6.92 Å². The Bertz CT molecular complexity index is 108. The van der Waals surface area contributed by atoms with Crippen molar-refractivity contribution in [2.75, 3.05) is 19.8 Å². The Balaban J connectivity index is 2.22. The molecule has 2 nitrogen and oxygen atoms in total. The smallest absolute Gasteiger partial charge is 0.115 e. The lowest BCUT2D eigenvalue weighted by molar-refractivity contribution is -0.210. The van der Waals surface area contributed by atoms with Gasteiger partial charge in [-0.25, -0.2) is 0 Å². The van der Waals surface area contributed by atoms with Crippen LogP contribution in [0.25, 0.3) is 0 Å². The maximum atomic E-state index is 5.64. The third kappa shape index (κ3) is 2.17. The fourth-order valence-electron chi connectivity index (χ4n) is 1.43. The SMILES string of the molecule is CCCCC1(OCC)COC1. The van der Waals surface area contributed by atoms with E-state index in [-0.39, 0.29) is 5.60 Å². The summed E-state index contributed by atoms with van der Waals surface area (Å²) in [5, 5.41) is 0. The second-order valence-corrected chi connectivity index (χ2v) is 3.21. The molecule has 1 heterocycles. The molecule has 0 radical (unpaired) electrons. The molecule has 0 atom stereocenters. The first-order valence-corrected chi connectivity index (χ1v) is 4.55. The molecule has 1 aliphatic rings. The van der Waals surface area contributed by atoms with Gasteiger partial charge in [-0.3, -0.25) is 0 Å². The molecular formula is C9H18O2. The fraction of sp³-hybridized carbons (Fsp3) is 1.00. The summed E-state index contributed by atoms with van der Waals surface area (Å²) in [6, 6.07) is 0. The molecule has 0 aliphatic carbocycles. The first-order valence-electron chi connectivity index (χ1n) is 4.55. The van der Waals surface area contributed by atoms with Gasteiger partial charge in [0.2, 0.25) is 0 Å². The van der Waals surface area contributed by atoms with Crippen molar-refractivity contribution in [3.63, 3.8) is 0 Å². The summed E-state index contributed by atoms with van der Waals surface area (Å²) in [7, 11) is 0. The maximum Gasteiger partial charge on any atom is 0.115 e. The maximum absolute atomic E-state index is 5.64. The van der Waals surface area contributed by atoms with Gasteiger partial charge in [0, 0.05) is 6.61 Å². The zero-order valence-electron chi connectivity index (χ0n) is 7.56. The molecule has 66 valence electrons. The van der Waals surface area contributed by atoms with E-state index in [4.69, 9.17) is 9.47 Å². The molecule has 0 spiro atoms. The second-order valence-electron chi connectivity index (χ2n) is 3.21. The molecule has 0 aromatic rings. The molecule has 0 unspecified atom stereocenters. The Morgan fingerprint density at radius 2 is 2.09 bits per heavy atom. The highest BCUT2D eigenvalue weighted by atomic mass is 16.6. The van der Waals surface area contributed by atoms with E-state index in [0.717, 1.165) is 26.2 Å². The summed E-state index contributed by atoms with van der Waals surface area (Å²) >= 11 is 0. The molecule has 1 fully saturated rings. The molecule has 1 saturated heterocycles. The van der Waals surface area contributed by atoms with E-state index < -0.39 is 0 Å². The Labute approximate surface area is 68.9 Å². The first kappa shape index (κ1) is 9.01. The van der Waals surface area contributed by atoms with Crippen molar-refractivity contribution in [1.82, 2.24) is 0 Å². The Morgan fingerprint density at radius 3 is 2.45 bits per heavy atom. The van der Waals surface area contributed by atoms with E-state index in [9.17, 15) is 0 Å². The lowest BCUT2D eigenvalue weighted by Gasteiger charge is -2.41. The van der Waals surface area contributed by atoms with Crippen LogP contribution in [-0.2, 0) is 9.47 Å². The fourth-order valence-corrected chi connectivity index (χ4v) is 1.43. The van der Waals surface area contributed by atoms with Crippen LogP contribution in [0.1, 0.15) is 33.1 Å². The Kier molecular flexibility index (Phi) is 3.34. The van der Waals surface area contributed by atoms with Crippen LogP contribution in [0.4, 0.5) is 0 Å². The highest BCUT2D eigenvalue weighted by Gasteiger charge is 2.38. The highest BCUT2D eigenvalue weighted by molar-refractivity contribution is 4.87. The zero-order chi connectivity index (χ0) is 8.16. The topological polar surface area (TPSA) is 18.5 Å². The number of ether oxygens (including phenoxy) is 2. The number of hydrogen-bond acceptors (Lipinski definition) is 2. The van der Waals surface area contributed by atoms with Gasteiger partial charge >= 0.3 is 0 Å². The lowest BCUT2D eigenvalue weighted by atomic mass is 9.95. The second kappa shape index (κ2) is 4.07. The van der Waals surface area contributed by atoms with E-state index >= 15 is 0 Å². The van der Waals surface area contributed by atoms with E-state index in [1.54, 1.807) is 0 Å². The lowest BCUT2D eigenvalue weighted by Crippen LogP contribution is -2.51. The highest BCUT2D eigenvalue weighted by Crippen LogP contribution is 2.27. The van der Waals surface area contributed by atoms with Crippen molar-refractivity contribution < 1.29 is 9.47 Å². The van der Waals surface area contributed by atoms with Crippen molar-refractivity contribution in [3.05, 3.63) is 0 Å². The minimum absolute atomic E-state index is 0.102. The monoisotopic (exact) mass is 158 g/mol. The van der Waals surface area contributed by atoms with Crippen LogP contribution in [0.15, 0.2) is 0 Å². The van der Waals surface area contributed by atoms with Crippen LogP contribution >= 0.6 is 0 Å². The van der Waals surface area contributed by atoms with Crippen LogP contribution in [0.2, 0.25) is 0 Å². The van der Waals surface area contributed by atoms with Gasteiger partial charge in [-0.05, 0) is 13.3 Å². The summed E-state index contributed by atoms with van der Waals surface area (Å²) in [6.07, 6.45) is 3.66. The Hall–Kier alpha value is -0.0800. The predicted molar refractivity (Wildman–Crippen MR) is 44.7 cm³/mol. The van der Waals surface area contributed by atoms with Gasteiger partial charge in [0.1, 0.15) is 5.60 Å². The molecule has 0 saturated carbocycles.